The zero-order valence-electron chi connectivity index (χ0n) is 11.8. The van der Waals surface area contributed by atoms with Crippen LogP contribution in [-0.4, -0.2) is 27.4 Å². The quantitative estimate of drug-likeness (QED) is 0.851. The van der Waals surface area contributed by atoms with Gasteiger partial charge in [0.1, 0.15) is 6.54 Å². The molecule has 21 heavy (non-hydrogen) atoms. The molecular weight excluding hydrogens is 290 g/mol. The van der Waals surface area contributed by atoms with Gasteiger partial charge in [0.15, 0.2) is 0 Å². The van der Waals surface area contributed by atoms with Gasteiger partial charge in [0.25, 0.3) is 0 Å². The number of amides is 1. The Balaban J connectivity index is 1.95. The Morgan fingerprint density at radius 2 is 2.29 bits per heavy atom. The summed E-state index contributed by atoms with van der Waals surface area (Å²) in [6.07, 6.45) is 3.39. The Kier molecular flexibility index (Phi) is 5.30. The number of benzene rings is 1. The van der Waals surface area contributed by atoms with Crippen LogP contribution in [0.1, 0.15) is 17.7 Å². The number of nitrogens with zero attached hydrogens (tertiary/aromatic N) is 3. The SMILES string of the molecule is Cc1ccc(Cl)cc1NC(=O)Cn1cc(CCCN)nn1. The molecule has 0 aliphatic rings. The molecule has 0 unspecified atom stereocenters. The molecule has 0 saturated carbocycles. The summed E-state index contributed by atoms with van der Waals surface area (Å²) in [5, 5.41) is 11.3. The first kappa shape index (κ1) is 15.5. The number of nitrogens with two attached hydrogens (primary N) is 1. The minimum atomic E-state index is -0.171. The number of carbonyl (C=O) groups excluding carboxylic acids is 1. The molecular formula is C14H18ClN5O. The minimum Gasteiger partial charge on any atom is -0.330 e. The fourth-order valence-corrected chi connectivity index (χ4v) is 2.05. The standard InChI is InChI=1S/C14H18ClN5O/c1-10-4-5-11(15)7-13(10)17-14(21)9-20-8-12(18-19-20)3-2-6-16/h4-5,7-8H,2-3,6,9,16H2,1H3,(H,17,21). The molecule has 6 nitrogen and oxygen atoms in total. The second kappa shape index (κ2) is 7.19. The smallest absolute Gasteiger partial charge is 0.246 e. The fraction of sp³-hybridized carbons (Fsp3) is 0.357. The number of nitrogens with one attached hydrogen (secondary N) is 1. The number of rotatable bonds is 6. The summed E-state index contributed by atoms with van der Waals surface area (Å²) in [6, 6.07) is 5.37. The highest BCUT2D eigenvalue weighted by molar-refractivity contribution is 6.31. The third-order valence-corrected chi connectivity index (χ3v) is 3.24. The van der Waals surface area contributed by atoms with Gasteiger partial charge in [-0.3, -0.25) is 4.79 Å². The zero-order chi connectivity index (χ0) is 15.2. The summed E-state index contributed by atoms with van der Waals surface area (Å²) in [7, 11) is 0. The van der Waals surface area contributed by atoms with E-state index in [1.807, 2.05) is 13.0 Å². The second-order valence-corrected chi connectivity index (χ2v) is 5.24. The molecule has 0 bridgehead atoms. The molecule has 7 heteroatoms. The molecule has 112 valence electrons. The van der Waals surface area contributed by atoms with Crippen molar-refractivity contribution in [2.24, 2.45) is 5.73 Å². The third-order valence-electron chi connectivity index (χ3n) is 3.00. The molecule has 0 radical (unpaired) electrons. The van der Waals surface area contributed by atoms with E-state index in [4.69, 9.17) is 17.3 Å². The maximum atomic E-state index is 12.0. The summed E-state index contributed by atoms with van der Waals surface area (Å²) < 4.78 is 1.51. The lowest BCUT2D eigenvalue weighted by molar-refractivity contribution is -0.116. The number of hydrogen-bond acceptors (Lipinski definition) is 4. The molecule has 3 N–H and O–H groups in total. The van der Waals surface area contributed by atoms with Crippen molar-refractivity contribution in [2.75, 3.05) is 11.9 Å². The van der Waals surface area contributed by atoms with E-state index in [2.05, 4.69) is 15.6 Å². The lowest BCUT2D eigenvalue weighted by atomic mass is 10.2. The zero-order valence-corrected chi connectivity index (χ0v) is 12.6. The third kappa shape index (κ3) is 4.54. The van der Waals surface area contributed by atoms with Gasteiger partial charge in [-0.05, 0) is 44.0 Å². The minimum absolute atomic E-state index is 0.113. The van der Waals surface area contributed by atoms with Crippen LogP contribution in [-0.2, 0) is 17.8 Å². The number of anilines is 1. The van der Waals surface area contributed by atoms with Crippen LogP contribution in [0.4, 0.5) is 5.69 Å². The molecule has 0 fully saturated rings. The van der Waals surface area contributed by atoms with Crippen molar-refractivity contribution in [3.63, 3.8) is 0 Å². The van der Waals surface area contributed by atoms with Gasteiger partial charge in [0.05, 0.1) is 5.69 Å². The van der Waals surface area contributed by atoms with Gasteiger partial charge in [0, 0.05) is 16.9 Å². The Morgan fingerprint density at radius 1 is 1.48 bits per heavy atom. The van der Waals surface area contributed by atoms with Crippen LogP contribution in [0.5, 0.6) is 0 Å². The van der Waals surface area contributed by atoms with Crippen molar-refractivity contribution >= 4 is 23.2 Å². The highest BCUT2D eigenvalue weighted by Crippen LogP contribution is 2.20. The van der Waals surface area contributed by atoms with Crippen LogP contribution in [0.3, 0.4) is 0 Å². The van der Waals surface area contributed by atoms with Gasteiger partial charge >= 0.3 is 0 Å². The number of carbonyl (C=O) groups is 1. The Bertz CT molecular complexity index is 626. The van der Waals surface area contributed by atoms with Crippen molar-refractivity contribution in [2.45, 2.75) is 26.3 Å². The van der Waals surface area contributed by atoms with Crippen molar-refractivity contribution < 1.29 is 4.79 Å². The molecule has 2 rings (SSSR count). The van der Waals surface area contributed by atoms with Crippen LogP contribution >= 0.6 is 11.6 Å². The van der Waals surface area contributed by atoms with Gasteiger partial charge in [0.2, 0.25) is 5.91 Å². The highest BCUT2D eigenvalue weighted by atomic mass is 35.5. The Labute approximate surface area is 128 Å². The number of aromatic nitrogens is 3. The Hall–Kier alpha value is -1.92. The maximum absolute atomic E-state index is 12.0. The van der Waals surface area contributed by atoms with E-state index in [0.717, 1.165) is 24.1 Å². The summed E-state index contributed by atoms with van der Waals surface area (Å²) in [5.74, 6) is -0.171. The number of halogens is 1. The molecule has 1 heterocycles. The first-order valence-corrected chi connectivity index (χ1v) is 7.11. The van der Waals surface area contributed by atoms with E-state index >= 15 is 0 Å². The van der Waals surface area contributed by atoms with Crippen LogP contribution in [0.15, 0.2) is 24.4 Å². The topological polar surface area (TPSA) is 85.8 Å². The van der Waals surface area contributed by atoms with Crippen molar-refractivity contribution in [3.05, 3.63) is 40.7 Å². The largest absolute Gasteiger partial charge is 0.330 e. The van der Waals surface area contributed by atoms with Crippen LogP contribution in [0.2, 0.25) is 5.02 Å². The average molecular weight is 308 g/mol. The van der Waals surface area contributed by atoms with Crippen LogP contribution in [0.25, 0.3) is 0 Å². The lowest BCUT2D eigenvalue weighted by Gasteiger charge is -2.08. The second-order valence-electron chi connectivity index (χ2n) is 4.81. The normalized spacial score (nSPS) is 10.6. The average Bonchev–Trinajstić information content (AvgIpc) is 2.88. The van der Waals surface area contributed by atoms with Crippen LogP contribution in [0, 0.1) is 6.92 Å². The molecule has 1 aromatic heterocycles. The summed E-state index contributed by atoms with van der Waals surface area (Å²) in [5.41, 5.74) is 7.94. The molecule has 1 aromatic carbocycles. The van der Waals surface area contributed by atoms with E-state index < -0.39 is 0 Å². The maximum Gasteiger partial charge on any atom is 0.246 e. The van der Waals surface area contributed by atoms with Crippen molar-refractivity contribution in [1.82, 2.24) is 15.0 Å². The summed E-state index contributed by atoms with van der Waals surface area (Å²) in [4.78, 5) is 12.0. The molecule has 0 spiro atoms. The van der Waals surface area contributed by atoms with E-state index in [9.17, 15) is 4.79 Å². The van der Waals surface area contributed by atoms with E-state index in [-0.39, 0.29) is 12.5 Å². The van der Waals surface area contributed by atoms with Crippen molar-refractivity contribution in [1.29, 1.82) is 0 Å². The van der Waals surface area contributed by atoms with Crippen molar-refractivity contribution in [3.8, 4) is 0 Å². The summed E-state index contributed by atoms with van der Waals surface area (Å²) in [6.45, 7) is 2.63. The van der Waals surface area contributed by atoms with Gasteiger partial charge in [-0.2, -0.15) is 0 Å². The van der Waals surface area contributed by atoms with E-state index in [1.54, 1.807) is 18.3 Å². The van der Waals surface area contributed by atoms with E-state index in [1.165, 1.54) is 4.68 Å². The van der Waals surface area contributed by atoms with E-state index in [0.29, 0.717) is 17.3 Å². The predicted molar refractivity (Wildman–Crippen MR) is 82.2 cm³/mol. The molecule has 0 aliphatic carbocycles. The first-order valence-electron chi connectivity index (χ1n) is 6.73. The van der Waals surface area contributed by atoms with Gasteiger partial charge in [-0.15, -0.1) is 5.10 Å². The molecule has 0 saturated heterocycles. The molecule has 2 aromatic rings. The fourth-order valence-electron chi connectivity index (χ4n) is 1.88. The van der Waals surface area contributed by atoms with Gasteiger partial charge in [-0.1, -0.05) is 22.9 Å². The number of hydrogen-bond donors (Lipinski definition) is 2. The Morgan fingerprint density at radius 3 is 3.05 bits per heavy atom. The monoisotopic (exact) mass is 307 g/mol. The van der Waals surface area contributed by atoms with Gasteiger partial charge in [-0.25, -0.2) is 4.68 Å². The van der Waals surface area contributed by atoms with Crippen LogP contribution < -0.4 is 11.1 Å². The molecule has 0 aliphatic heterocycles. The molecule has 0 atom stereocenters. The lowest BCUT2D eigenvalue weighted by Crippen LogP contribution is -2.19. The molecule has 1 amide bonds. The predicted octanol–water partition coefficient (Wildman–Crippen LogP) is 1.77. The first-order chi connectivity index (χ1) is 10.1. The number of aryl methyl sites for hydroxylation is 2. The summed E-state index contributed by atoms with van der Waals surface area (Å²) >= 11 is 5.92. The van der Waals surface area contributed by atoms with Gasteiger partial charge < -0.3 is 11.1 Å². The highest BCUT2D eigenvalue weighted by Gasteiger charge is 2.08.